The summed E-state index contributed by atoms with van der Waals surface area (Å²) in [6.45, 7) is 6.49. The number of benzene rings is 3. The van der Waals surface area contributed by atoms with E-state index in [1.165, 1.54) is 4.90 Å². The van der Waals surface area contributed by atoms with Crippen LogP contribution in [0.4, 0.5) is 5.69 Å². The normalized spacial score (nSPS) is 17.5. The lowest BCUT2D eigenvalue weighted by Gasteiger charge is -2.26. The number of ketones is 1. The van der Waals surface area contributed by atoms with Crippen molar-refractivity contribution in [2.24, 2.45) is 0 Å². The van der Waals surface area contributed by atoms with Gasteiger partial charge in [0.2, 0.25) is 0 Å². The first-order chi connectivity index (χ1) is 16.5. The molecule has 0 saturated carbocycles. The molecular formula is C28H30N2O4. The summed E-state index contributed by atoms with van der Waals surface area (Å²) >= 11 is 0. The Morgan fingerprint density at radius 3 is 2.32 bits per heavy atom. The van der Waals surface area contributed by atoms with Crippen LogP contribution in [0.1, 0.15) is 31.0 Å². The van der Waals surface area contributed by atoms with E-state index in [0.29, 0.717) is 5.56 Å². The zero-order valence-corrected chi connectivity index (χ0v) is 19.8. The van der Waals surface area contributed by atoms with Gasteiger partial charge in [-0.15, -0.1) is 0 Å². The number of nitrogens with zero attached hydrogens (tertiary/aromatic N) is 2. The first kappa shape index (κ1) is 23.5. The van der Waals surface area contributed by atoms with Crippen LogP contribution in [0.5, 0.6) is 0 Å². The molecule has 1 atom stereocenters. The summed E-state index contributed by atoms with van der Waals surface area (Å²) < 4.78 is 5.20. The number of aliphatic hydroxyl groups excluding tert-OH is 1. The Hall–Kier alpha value is -3.64. The largest absolute Gasteiger partial charge is 0.507 e. The first-order valence-electron chi connectivity index (χ1n) is 11.6. The minimum Gasteiger partial charge on any atom is -0.507 e. The van der Waals surface area contributed by atoms with Crippen LogP contribution in [0, 0.1) is 0 Å². The van der Waals surface area contributed by atoms with Crippen LogP contribution in [-0.4, -0.2) is 55.0 Å². The number of fused-ring (bicyclic) bond motifs is 1. The average Bonchev–Trinajstić information content (AvgIpc) is 3.12. The second-order valence-corrected chi connectivity index (χ2v) is 8.28. The minimum atomic E-state index is -0.695. The van der Waals surface area contributed by atoms with E-state index < -0.39 is 17.7 Å². The number of anilines is 1. The molecule has 4 rings (SSSR count). The third-order valence-electron chi connectivity index (χ3n) is 6.46. The monoisotopic (exact) mass is 458 g/mol. The fourth-order valence-corrected chi connectivity index (χ4v) is 4.68. The van der Waals surface area contributed by atoms with Gasteiger partial charge in [0, 0.05) is 38.0 Å². The highest BCUT2D eigenvalue weighted by Gasteiger charge is 2.46. The molecule has 3 aromatic carbocycles. The van der Waals surface area contributed by atoms with Gasteiger partial charge in [0.05, 0.1) is 18.2 Å². The summed E-state index contributed by atoms with van der Waals surface area (Å²) in [5, 5.41) is 13.2. The van der Waals surface area contributed by atoms with Gasteiger partial charge in [-0.2, -0.15) is 0 Å². The molecule has 34 heavy (non-hydrogen) atoms. The molecule has 1 unspecified atom stereocenters. The van der Waals surface area contributed by atoms with Crippen molar-refractivity contribution in [3.05, 3.63) is 83.4 Å². The van der Waals surface area contributed by atoms with Crippen molar-refractivity contribution in [1.29, 1.82) is 0 Å². The highest BCUT2D eigenvalue weighted by Crippen LogP contribution is 2.40. The van der Waals surface area contributed by atoms with Crippen LogP contribution >= 0.6 is 0 Å². The number of hydrogen-bond acceptors (Lipinski definition) is 5. The Kier molecular flexibility index (Phi) is 6.98. The molecule has 6 heteroatoms. The van der Waals surface area contributed by atoms with E-state index in [1.807, 2.05) is 60.7 Å². The van der Waals surface area contributed by atoms with Gasteiger partial charge < -0.3 is 19.6 Å². The summed E-state index contributed by atoms with van der Waals surface area (Å²) in [5.74, 6) is -1.47. The maximum atomic E-state index is 13.2. The molecule has 1 N–H and O–H groups in total. The highest BCUT2D eigenvalue weighted by molar-refractivity contribution is 6.46. The fourth-order valence-electron chi connectivity index (χ4n) is 4.68. The number of ether oxygens (including phenoxy) is 1. The third-order valence-corrected chi connectivity index (χ3v) is 6.46. The summed E-state index contributed by atoms with van der Waals surface area (Å²) in [6, 6.07) is 20.4. The fraction of sp³-hybridized carbons (Fsp3) is 0.286. The summed E-state index contributed by atoms with van der Waals surface area (Å²) in [6.07, 6.45) is 0. The second-order valence-electron chi connectivity index (χ2n) is 8.28. The van der Waals surface area contributed by atoms with Gasteiger partial charge in [0.25, 0.3) is 11.7 Å². The molecule has 176 valence electrons. The van der Waals surface area contributed by atoms with Crippen LogP contribution < -0.4 is 4.90 Å². The predicted octanol–water partition coefficient (Wildman–Crippen LogP) is 4.75. The number of rotatable bonds is 8. The van der Waals surface area contributed by atoms with Gasteiger partial charge in [0.1, 0.15) is 5.76 Å². The molecule has 0 bridgehead atoms. The zero-order valence-electron chi connectivity index (χ0n) is 19.8. The molecule has 3 aromatic rings. The van der Waals surface area contributed by atoms with Crippen molar-refractivity contribution >= 4 is 33.9 Å². The molecule has 1 amide bonds. The van der Waals surface area contributed by atoms with Gasteiger partial charge >= 0.3 is 0 Å². The van der Waals surface area contributed by atoms with E-state index in [2.05, 4.69) is 18.7 Å². The number of likely N-dealkylation sites (tertiary alicyclic amines) is 1. The summed E-state index contributed by atoms with van der Waals surface area (Å²) in [5.41, 5.74) is 2.48. The van der Waals surface area contributed by atoms with Crippen molar-refractivity contribution in [2.45, 2.75) is 19.9 Å². The Morgan fingerprint density at radius 1 is 0.971 bits per heavy atom. The SMILES string of the molecule is CCN(CC)c1ccc(C2/C(=C(/O)c3cccc4ccccc34)C(=O)C(=O)N2CCOC)cc1. The number of aliphatic hydroxyl groups is 1. The smallest absolute Gasteiger partial charge is 0.295 e. The zero-order chi connectivity index (χ0) is 24.2. The molecule has 6 nitrogen and oxygen atoms in total. The number of methoxy groups -OCH3 is 1. The molecule has 1 aliphatic heterocycles. The first-order valence-corrected chi connectivity index (χ1v) is 11.6. The molecular weight excluding hydrogens is 428 g/mol. The standard InChI is InChI=1S/C28H30N2O4/c1-4-29(5-2)21-15-13-20(14-16-21)25-24(27(32)28(33)30(25)17-18-34-3)26(31)23-12-8-10-19-9-6-7-11-22(19)23/h6-16,25,31H,4-5,17-18H2,1-3H3/b26-24-. The molecule has 0 aliphatic carbocycles. The Bertz CT molecular complexity index is 1220. The number of Topliss-reactive ketones (excluding diaryl/α,β-unsaturated/α-hetero) is 1. The number of amides is 1. The van der Waals surface area contributed by atoms with Crippen molar-refractivity contribution in [3.8, 4) is 0 Å². The topological polar surface area (TPSA) is 70.1 Å². The Labute approximate surface area is 200 Å². The maximum Gasteiger partial charge on any atom is 0.295 e. The average molecular weight is 459 g/mol. The predicted molar refractivity (Wildman–Crippen MR) is 135 cm³/mol. The number of hydrogen-bond donors (Lipinski definition) is 1. The van der Waals surface area contributed by atoms with Crippen molar-refractivity contribution in [3.63, 3.8) is 0 Å². The van der Waals surface area contributed by atoms with Gasteiger partial charge in [-0.05, 0) is 42.3 Å². The lowest BCUT2D eigenvalue weighted by atomic mass is 9.93. The molecule has 0 spiro atoms. The van der Waals surface area contributed by atoms with E-state index in [0.717, 1.165) is 35.1 Å². The number of carbonyl (C=O) groups is 2. The molecule has 1 heterocycles. The highest BCUT2D eigenvalue weighted by atomic mass is 16.5. The van der Waals surface area contributed by atoms with Crippen LogP contribution in [0.2, 0.25) is 0 Å². The van der Waals surface area contributed by atoms with Crippen LogP contribution in [0.25, 0.3) is 16.5 Å². The molecule has 0 radical (unpaired) electrons. The molecule has 1 aliphatic rings. The van der Waals surface area contributed by atoms with Gasteiger partial charge in [0.15, 0.2) is 0 Å². The van der Waals surface area contributed by atoms with Crippen molar-refractivity contribution in [2.75, 3.05) is 38.3 Å². The van der Waals surface area contributed by atoms with E-state index in [4.69, 9.17) is 4.74 Å². The van der Waals surface area contributed by atoms with Crippen LogP contribution in [-0.2, 0) is 14.3 Å². The van der Waals surface area contributed by atoms with E-state index in [1.54, 1.807) is 13.2 Å². The van der Waals surface area contributed by atoms with Crippen LogP contribution in [0.15, 0.2) is 72.3 Å². The molecule has 1 fully saturated rings. The molecule has 0 aromatic heterocycles. The van der Waals surface area contributed by atoms with E-state index >= 15 is 0 Å². The lowest BCUT2D eigenvalue weighted by molar-refractivity contribution is -0.140. The Balaban J connectivity index is 1.87. The third kappa shape index (κ3) is 4.17. The lowest BCUT2D eigenvalue weighted by Crippen LogP contribution is -2.32. The molecule has 1 saturated heterocycles. The van der Waals surface area contributed by atoms with E-state index in [-0.39, 0.29) is 24.5 Å². The maximum absolute atomic E-state index is 13.2. The van der Waals surface area contributed by atoms with Gasteiger partial charge in [-0.3, -0.25) is 9.59 Å². The summed E-state index contributed by atoms with van der Waals surface area (Å²) in [4.78, 5) is 30.0. The Morgan fingerprint density at radius 2 is 1.65 bits per heavy atom. The minimum absolute atomic E-state index is 0.105. The number of carbonyl (C=O) groups excluding carboxylic acids is 2. The van der Waals surface area contributed by atoms with Crippen molar-refractivity contribution < 1.29 is 19.4 Å². The second kappa shape index (κ2) is 10.1. The van der Waals surface area contributed by atoms with Crippen LogP contribution in [0.3, 0.4) is 0 Å². The van der Waals surface area contributed by atoms with Gasteiger partial charge in [-0.1, -0.05) is 54.6 Å². The van der Waals surface area contributed by atoms with E-state index in [9.17, 15) is 14.7 Å². The summed E-state index contributed by atoms with van der Waals surface area (Å²) in [7, 11) is 1.56. The van der Waals surface area contributed by atoms with Gasteiger partial charge in [-0.25, -0.2) is 0 Å². The quantitative estimate of drug-likeness (QED) is 0.300. The van der Waals surface area contributed by atoms with Crippen molar-refractivity contribution in [1.82, 2.24) is 4.90 Å².